The van der Waals surface area contributed by atoms with Gasteiger partial charge in [0.1, 0.15) is 0 Å². The van der Waals surface area contributed by atoms with Crippen molar-refractivity contribution in [2.75, 3.05) is 51.1 Å². The van der Waals surface area contributed by atoms with E-state index in [-0.39, 0.29) is 11.8 Å². The molecule has 0 radical (unpaired) electrons. The van der Waals surface area contributed by atoms with Crippen LogP contribution in [0.1, 0.15) is 45.9 Å². The van der Waals surface area contributed by atoms with Crippen LogP contribution < -0.4 is 10.1 Å². The molecule has 9 nitrogen and oxygen atoms in total. The second-order valence-electron chi connectivity index (χ2n) is 10.2. The van der Waals surface area contributed by atoms with Gasteiger partial charge < -0.3 is 15.0 Å². The van der Waals surface area contributed by atoms with Crippen LogP contribution in [-0.2, 0) is 13.0 Å². The minimum atomic E-state index is -0.404. The van der Waals surface area contributed by atoms with Crippen LogP contribution in [0.15, 0.2) is 48.0 Å². The van der Waals surface area contributed by atoms with Crippen molar-refractivity contribution in [3.63, 3.8) is 0 Å². The van der Waals surface area contributed by atoms with Gasteiger partial charge in [-0.15, -0.1) is 11.3 Å². The number of rotatable bonds is 8. The van der Waals surface area contributed by atoms with Crippen LogP contribution in [0.2, 0.25) is 0 Å². The molecule has 39 heavy (non-hydrogen) atoms. The molecule has 2 aliphatic heterocycles. The number of aromatic nitrogens is 2. The molecule has 0 saturated carbocycles. The summed E-state index contributed by atoms with van der Waals surface area (Å²) in [5.41, 5.74) is 3.48. The van der Waals surface area contributed by atoms with E-state index in [1.54, 1.807) is 28.4 Å². The molecule has 2 fully saturated rings. The average molecular weight is 549 g/mol. The second kappa shape index (κ2) is 13.1. The van der Waals surface area contributed by atoms with Crippen LogP contribution in [0.3, 0.4) is 0 Å². The number of likely N-dealkylation sites (tertiary alicyclic amines) is 1. The van der Waals surface area contributed by atoms with Crippen LogP contribution in [0.5, 0.6) is 5.88 Å². The lowest BCUT2D eigenvalue weighted by Gasteiger charge is -2.33. The average Bonchev–Trinajstić information content (AvgIpc) is 3.39. The molecule has 4 heterocycles. The highest BCUT2D eigenvalue weighted by Gasteiger charge is 2.23. The summed E-state index contributed by atoms with van der Waals surface area (Å²) in [6, 6.07) is 11.0. The molecule has 2 saturated heterocycles. The van der Waals surface area contributed by atoms with Gasteiger partial charge in [0.15, 0.2) is 0 Å². The van der Waals surface area contributed by atoms with Gasteiger partial charge in [-0.05, 0) is 56.6 Å². The number of benzene rings is 1. The maximum Gasteiger partial charge on any atom is 0.416 e. The number of aryl methyl sites for hydroxylation is 1. The minimum absolute atomic E-state index is 0.200. The second-order valence-corrected chi connectivity index (χ2v) is 11.2. The van der Waals surface area contributed by atoms with E-state index >= 15 is 0 Å². The van der Waals surface area contributed by atoms with Gasteiger partial charge in [0.2, 0.25) is 5.88 Å². The first kappa shape index (κ1) is 27.2. The third-order valence-corrected chi connectivity index (χ3v) is 8.06. The summed E-state index contributed by atoms with van der Waals surface area (Å²) in [4.78, 5) is 40.6. The van der Waals surface area contributed by atoms with Gasteiger partial charge in [-0.2, -0.15) is 0 Å². The van der Waals surface area contributed by atoms with Crippen LogP contribution in [0.4, 0.5) is 10.5 Å². The summed E-state index contributed by atoms with van der Waals surface area (Å²) in [5.74, 6) is 0.00949. The van der Waals surface area contributed by atoms with Gasteiger partial charge in [-0.25, -0.2) is 14.8 Å². The first-order valence-corrected chi connectivity index (χ1v) is 14.6. The third-order valence-electron chi connectivity index (χ3n) is 7.24. The highest BCUT2D eigenvalue weighted by molar-refractivity contribution is 7.09. The van der Waals surface area contributed by atoms with Crippen LogP contribution in [0, 0.1) is 6.92 Å². The van der Waals surface area contributed by atoms with E-state index in [2.05, 4.69) is 30.5 Å². The zero-order valence-electron chi connectivity index (χ0n) is 22.5. The normalized spacial score (nSPS) is 16.7. The van der Waals surface area contributed by atoms with E-state index in [0.717, 1.165) is 56.4 Å². The molecule has 2 aromatic heterocycles. The summed E-state index contributed by atoms with van der Waals surface area (Å²) < 4.78 is 5.47. The van der Waals surface area contributed by atoms with Gasteiger partial charge >= 0.3 is 6.09 Å². The fraction of sp³-hybridized carbons (Fsp3) is 0.448. The van der Waals surface area contributed by atoms with E-state index in [9.17, 15) is 9.59 Å². The fourth-order valence-corrected chi connectivity index (χ4v) is 5.61. The molecule has 5 rings (SSSR count). The van der Waals surface area contributed by atoms with Crippen molar-refractivity contribution >= 4 is 29.0 Å². The number of hydrogen-bond donors (Lipinski definition) is 1. The number of piperidine rings is 1. The van der Waals surface area contributed by atoms with Crippen molar-refractivity contribution < 1.29 is 14.3 Å². The molecular weight excluding hydrogens is 512 g/mol. The first-order chi connectivity index (χ1) is 19.0. The smallest absolute Gasteiger partial charge is 0.391 e. The molecule has 206 valence electrons. The van der Waals surface area contributed by atoms with E-state index < -0.39 is 6.09 Å². The number of hydrogen-bond acceptors (Lipinski definition) is 8. The number of pyridine rings is 1. The number of thiazole rings is 1. The third kappa shape index (κ3) is 7.84. The van der Waals surface area contributed by atoms with Crippen molar-refractivity contribution in [3.05, 3.63) is 69.8 Å². The first-order valence-electron chi connectivity index (χ1n) is 13.7. The van der Waals surface area contributed by atoms with E-state index in [0.29, 0.717) is 24.3 Å². The van der Waals surface area contributed by atoms with Crippen molar-refractivity contribution in [1.29, 1.82) is 0 Å². The maximum atomic E-state index is 12.7. The Bertz CT molecular complexity index is 1230. The molecule has 1 N–H and O–H groups in total. The summed E-state index contributed by atoms with van der Waals surface area (Å²) in [7, 11) is 0. The number of anilines is 1. The number of carbonyl (C=O) groups excluding carboxylic acids is 2. The number of piperazine rings is 1. The Hall–Kier alpha value is -3.34. The summed E-state index contributed by atoms with van der Waals surface area (Å²) >= 11 is 1.68. The molecule has 0 unspecified atom stereocenters. The molecule has 0 aliphatic carbocycles. The van der Waals surface area contributed by atoms with E-state index in [4.69, 9.17) is 4.74 Å². The quantitative estimate of drug-likeness (QED) is 0.445. The van der Waals surface area contributed by atoms with Crippen LogP contribution in [-0.4, -0.2) is 82.5 Å². The lowest BCUT2D eigenvalue weighted by molar-refractivity contribution is 0.102. The Balaban J connectivity index is 1.04. The van der Waals surface area contributed by atoms with Crippen molar-refractivity contribution in [1.82, 2.24) is 24.7 Å². The summed E-state index contributed by atoms with van der Waals surface area (Å²) in [5, 5.41) is 6.07. The molecule has 10 heteroatoms. The van der Waals surface area contributed by atoms with Gasteiger partial charge in [0.25, 0.3) is 5.91 Å². The fourth-order valence-electron chi connectivity index (χ4n) is 4.96. The molecular formula is C29H36N6O3S. The maximum absolute atomic E-state index is 12.7. The van der Waals surface area contributed by atoms with Crippen molar-refractivity contribution in [2.45, 2.75) is 39.2 Å². The van der Waals surface area contributed by atoms with Crippen LogP contribution in [0.25, 0.3) is 0 Å². The van der Waals surface area contributed by atoms with Gasteiger partial charge in [-0.1, -0.05) is 18.6 Å². The summed E-state index contributed by atoms with van der Waals surface area (Å²) in [6.45, 7) is 8.99. The largest absolute Gasteiger partial charge is 0.416 e. The standard InChI is InChI=1S/C29H36N6O3S/c1-22-31-26(21-39-22)11-14-33-15-17-35(18-16-33)29(37)38-27-10-9-25(19-30-27)32-28(36)24-7-5-23(6-8-24)20-34-12-3-2-4-13-34/h5-10,19,21H,2-4,11-18,20H2,1H3,(H,32,36). The van der Waals surface area contributed by atoms with Gasteiger partial charge in [-0.3, -0.25) is 14.6 Å². The highest BCUT2D eigenvalue weighted by Crippen LogP contribution is 2.17. The zero-order valence-corrected chi connectivity index (χ0v) is 23.3. The molecule has 1 aromatic carbocycles. The Labute approximate surface area is 233 Å². The number of ether oxygens (including phenoxy) is 1. The predicted molar refractivity (Wildman–Crippen MR) is 152 cm³/mol. The highest BCUT2D eigenvalue weighted by atomic mass is 32.1. The molecule has 0 atom stereocenters. The molecule has 0 bridgehead atoms. The Morgan fingerprint density at radius 1 is 0.949 bits per heavy atom. The minimum Gasteiger partial charge on any atom is -0.391 e. The van der Waals surface area contributed by atoms with E-state index in [1.807, 2.05) is 31.2 Å². The Morgan fingerprint density at radius 2 is 1.72 bits per heavy atom. The molecule has 0 spiro atoms. The lowest BCUT2D eigenvalue weighted by atomic mass is 10.1. The van der Waals surface area contributed by atoms with Gasteiger partial charge in [0.05, 0.1) is 22.6 Å². The Kier molecular flexibility index (Phi) is 9.18. The van der Waals surface area contributed by atoms with Crippen LogP contribution >= 0.6 is 11.3 Å². The number of carbonyl (C=O) groups is 2. The number of nitrogens with one attached hydrogen (secondary N) is 1. The lowest BCUT2D eigenvalue weighted by Crippen LogP contribution is -2.50. The monoisotopic (exact) mass is 548 g/mol. The predicted octanol–water partition coefficient (Wildman–Crippen LogP) is 4.44. The number of amides is 2. The molecule has 2 aliphatic rings. The van der Waals surface area contributed by atoms with Crippen molar-refractivity contribution in [2.24, 2.45) is 0 Å². The zero-order chi connectivity index (χ0) is 27.0. The molecule has 3 aromatic rings. The van der Waals surface area contributed by atoms with E-state index in [1.165, 1.54) is 31.0 Å². The number of nitrogens with zero attached hydrogens (tertiary/aromatic N) is 5. The Morgan fingerprint density at radius 3 is 2.38 bits per heavy atom. The molecule has 2 amide bonds. The topological polar surface area (TPSA) is 90.9 Å². The SMILES string of the molecule is Cc1nc(CCN2CCN(C(=O)Oc3ccc(NC(=O)c4ccc(CN5CCCCC5)cc4)cn3)CC2)cs1. The summed E-state index contributed by atoms with van der Waals surface area (Å²) in [6.07, 6.45) is 5.87. The van der Waals surface area contributed by atoms with Crippen molar-refractivity contribution in [3.8, 4) is 5.88 Å². The van der Waals surface area contributed by atoms with Gasteiger partial charge in [0, 0.05) is 62.7 Å².